The molecule has 0 amide bonds. The summed E-state index contributed by atoms with van der Waals surface area (Å²) in [6.07, 6.45) is 1.49. The molecule has 0 bridgehead atoms. The van der Waals surface area contributed by atoms with Crippen molar-refractivity contribution >= 4 is 53.4 Å². The fourth-order valence-electron chi connectivity index (χ4n) is 1.41. The van der Waals surface area contributed by atoms with Gasteiger partial charge in [-0.15, -0.1) is 0 Å². The van der Waals surface area contributed by atoms with Gasteiger partial charge in [0.25, 0.3) is 10.0 Å². The molecular weight excluding hydrogens is 398 g/mol. The second kappa shape index (κ2) is 5.48. The molecule has 8 heteroatoms. The van der Waals surface area contributed by atoms with Crippen molar-refractivity contribution in [2.75, 3.05) is 10.5 Å². The Kier molecular flexibility index (Phi) is 4.12. The molecule has 5 nitrogen and oxygen atoms in total. The highest BCUT2D eigenvalue weighted by atomic mass is 79.9. The Labute approximate surface area is 127 Å². The lowest BCUT2D eigenvalue weighted by Crippen LogP contribution is -2.15. The van der Waals surface area contributed by atoms with E-state index in [1.165, 1.54) is 18.3 Å². The van der Waals surface area contributed by atoms with Crippen LogP contribution in [0.25, 0.3) is 0 Å². The van der Waals surface area contributed by atoms with E-state index < -0.39 is 10.0 Å². The molecule has 100 valence electrons. The van der Waals surface area contributed by atoms with Crippen molar-refractivity contribution in [2.45, 2.75) is 4.90 Å². The van der Waals surface area contributed by atoms with E-state index in [-0.39, 0.29) is 16.4 Å². The summed E-state index contributed by atoms with van der Waals surface area (Å²) in [5.74, 6) is 0.213. The van der Waals surface area contributed by atoms with E-state index in [0.29, 0.717) is 8.95 Å². The van der Waals surface area contributed by atoms with Crippen LogP contribution >= 0.6 is 31.9 Å². The van der Waals surface area contributed by atoms with Crippen molar-refractivity contribution in [3.63, 3.8) is 0 Å². The number of pyridine rings is 1. The van der Waals surface area contributed by atoms with Crippen LogP contribution in [-0.2, 0) is 10.0 Å². The van der Waals surface area contributed by atoms with Crippen molar-refractivity contribution in [1.82, 2.24) is 4.98 Å². The second-order valence-electron chi connectivity index (χ2n) is 3.62. The summed E-state index contributed by atoms with van der Waals surface area (Å²) >= 11 is 6.45. The first-order chi connectivity index (χ1) is 8.90. The third-order valence-corrected chi connectivity index (χ3v) is 4.80. The van der Waals surface area contributed by atoms with E-state index >= 15 is 0 Å². The van der Waals surface area contributed by atoms with E-state index in [4.69, 9.17) is 5.73 Å². The van der Waals surface area contributed by atoms with Crippen LogP contribution in [0.1, 0.15) is 0 Å². The maximum absolute atomic E-state index is 12.2. The molecule has 0 saturated heterocycles. The third kappa shape index (κ3) is 3.26. The molecular formula is C11H9Br2N3O2S. The largest absolute Gasteiger partial charge is 0.398 e. The number of hydrogen-bond acceptors (Lipinski definition) is 4. The maximum Gasteiger partial charge on any atom is 0.265 e. The zero-order valence-electron chi connectivity index (χ0n) is 9.47. The monoisotopic (exact) mass is 405 g/mol. The quantitative estimate of drug-likeness (QED) is 0.767. The molecule has 0 spiro atoms. The van der Waals surface area contributed by atoms with Crippen LogP contribution in [0.15, 0.2) is 50.4 Å². The zero-order chi connectivity index (χ0) is 14.0. The Hall–Kier alpha value is -1.12. The van der Waals surface area contributed by atoms with Crippen molar-refractivity contribution in [3.05, 3.63) is 45.5 Å². The Bertz CT molecular complexity index is 720. The second-order valence-corrected chi connectivity index (χ2v) is 7.04. The lowest BCUT2D eigenvalue weighted by molar-refractivity contribution is 0.601. The fraction of sp³-hybridized carbons (Fsp3) is 0. The Morgan fingerprint density at radius 3 is 2.58 bits per heavy atom. The van der Waals surface area contributed by atoms with Crippen LogP contribution in [0.2, 0.25) is 0 Å². The molecule has 0 aliphatic carbocycles. The molecule has 1 aromatic heterocycles. The standard InChI is InChI=1S/C11H9Br2N3O2S/c12-7-3-4-10(9(14)6-7)19(17,18)16-11-8(13)2-1-5-15-11/h1-6H,14H2,(H,15,16). The fourth-order valence-corrected chi connectivity index (χ4v) is 3.41. The van der Waals surface area contributed by atoms with Gasteiger partial charge in [-0.05, 0) is 46.3 Å². The van der Waals surface area contributed by atoms with Crippen molar-refractivity contribution < 1.29 is 8.42 Å². The van der Waals surface area contributed by atoms with Crippen LogP contribution in [0.5, 0.6) is 0 Å². The van der Waals surface area contributed by atoms with Crippen LogP contribution < -0.4 is 10.5 Å². The Balaban J connectivity index is 2.41. The Morgan fingerprint density at radius 1 is 1.21 bits per heavy atom. The van der Waals surface area contributed by atoms with Gasteiger partial charge < -0.3 is 5.73 Å². The number of aromatic nitrogens is 1. The predicted molar refractivity (Wildman–Crippen MR) is 81.3 cm³/mol. The number of halogens is 2. The molecule has 1 heterocycles. The molecule has 0 atom stereocenters. The van der Waals surface area contributed by atoms with Crippen LogP contribution in [0, 0.1) is 0 Å². The zero-order valence-corrected chi connectivity index (χ0v) is 13.5. The number of benzene rings is 1. The number of hydrogen-bond donors (Lipinski definition) is 2. The van der Waals surface area contributed by atoms with Gasteiger partial charge in [0.15, 0.2) is 5.82 Å². The molecule has 2 rings (SSSR count). The minimum Gasteiger partial charge on any atom is -0.398 e. The van der Waals surface area contributed by atoms with E-state index in [1.54, 1.807) is 18.2 Å². The molecule has 0 aliphatic rings. The average molecular weight is 407 g/mol. The molecule has 0 radical (unpaired) electrons. The molecule has 19 heavy (non-hydrogen) atoms. The van der Waals surface area contributed by atoms with Crippen LogP contribution in [0.4, 0.5) is 11.5 Å². The van der Waals surface area contributed by atoms with Gasteiger partial charge in [-0.1, -0.05) is 15.9 Å². The van der Waals surface area contributed by atoms with Crippen molar-refractivity contribution in [3.8, 4) is 0 Å². The van der Waals surface area contributed by atoms with Gasteiger partial charge >= 0.3 is 0 Å². The van der Waals surface area contributed by atoms with Gasteiger partial charge in [0.1, 0.15) is 4.90 Å². The van der Waals surface area contributed by atoms with Crippen molar-refractivity contribution in [2.24, 2.45) is 0 Å². The van der Waals surface area contributed by atoms with Gasteiger partial charge in [0, 0.05) is 10.7 Å². The number of sulfonamides is 1. The normalized spacial score (nSPS) is 11.3. The number of rotatable bonds is 3. The number of nitrogen functional groups attached to an aromatic ring is 1. The minimum absolute atomic E-state index is 0.00764. The van der Waals surface area contributed by atoms with Gasteiger partial charge in [-0.25, -0.2) is 13.4 Å². The SMILES string of the molecule is Nc1cc(Br)ccc1S(=O)(=O)Nc1ncccc1Br. The third-order valence-electron chi connectivity index (χ3n) is 2.25. The first-order valence-electron chi connectivity index (χ1n) is 5.08. The molecule has 1 aromatic carbocycles. The van der Waals surface area contributed by atoms with E-state index in [9.17, 15) is 8.42 Å². The summed E-state index contributed by atoms with van der Waals surface area (Å²) in [7, 11) is -3.77. The molecule has 0 saturated carbocycles. The maximum atomic E-state index is 12.2. The summed E-state index contributed by atoms with van der Waals surface area (Å²) in [5, 5.41) is 0. The molecule has 0 aliphatic heterocycles. The lowest BCUT2D eigenvalue weighted by atomic mass is 10.3. The predicted octanol–water partition coefficient (Wildman–Crippen LogP) is 2.99. The summed E-state index contributed by atoms with van der Waals surface area (Å²) in [4.78, 5) is 3.96. The molecule has 3 N–H and O–H groups in total. The lowest BCUT2D eigenvalue weighted by Gasteiger charge is -2.10. The van der Waals surface area contributed by atoms with E-state index in [1.807, 2.05) is 0 Å². The number of nitrogens with two attached hydrogens (primary N) is 1. The van der Waals surface area contributed by atoms with E-state index in [2.05, 4.69) is 41.6 Å². The number of nitrogens with one attached hydrogen (secondary N) is 1. The minimum atomic E-state index is -3.77. The summed E-state index contributed by atoms with van der Waals surface area (Å²) < 4.78 is 28.1. The first-order valence-corrected chi connectivity index (χ1v) is 8.15. The highest BCUT2D eigenvalue weighted by molar-refractivity contribution is 9.10. The molecule has 0 fully saturated rings. The number of nitrogens with zero attached hydrogens (tertiary/aromatic N) is 1. The number of anilines is 2. The van der Waals surface area contributed by atoms with Crippen LogP contribution in [-0.4, -0.2) is 13.4 Å². The van der Waals surface area contributed by atoms with Gasteiger partial charge in [0.05, 0.1) is 10.2 Å². The summed E-state index contributed by atoms with van der Waals surface area (Å²) in [6.45, 7) is 0. The highest BCUT2D eigenvalue weighted by Crippen LogP contribution is 2.26. The van der Waals surface area contributed by atoms with Gasteiger partial charge in [-0.3, -0.25) is 4.72 Å². The highest BCUT2D eigenvalue weighted by Gasteiger charge is 2.19. The topological polar surface area (TPSA) is 85.1 Å². The summed E-state index contributed by atoms with van der Waals surface area (Å²) in [5.41, 5.74) is 5.88. The Morgan fingerprint density at radius 2 is 1.95 bits per heavy atom. The van der Waals surface area contributed by atoms with Gasteiger partial charge in [0.2, 0.25) is 0 Å². The molecule has 0 unspecified atom stereocenters. The molecule has 2 aromatic rings. The average Bonchev–Trinajstić information content (AvgIpc) is 2.31. The van der Waals surface area contributed by atoms with Crippen LogP contribution in [0.3, 0.4) is 0 Å². The van der Waals surface area contributed by atoms with Gasteiger partial charge in [-0.2, -0.15) is 0 Å². The first kappa shape index (κ1) is 14.3. The smallest absolute Gasteiger partial charge is 0.265 e. The van der Waals surface area contributed by atoms with E-state index in [0.717, 1.165) is 0 Å². The van der Waals surface area contributed by atoms with Crippen molar-refractivity contribution in [1.29, 1.82) is 0 Å². The summed E-state index contributed by atoms with van der Waals surface area (Å²) in [6, 6.07) is 7.95.